The highest BCUT2D eigenvalue weighted by molar-refractivity contribution is 4.79. The largest absolute Gasteiger partial charge is 0.313 e. The zero-order valence-corrected chi connectivity index (χ0v) is 10.6. The highest BCUT2D eigenvalue weighted by Crippen LogP contribution is 2.14. The topological polar surface area (TPSA) is 55.6 Å². The number of aromatic nitrogens is 4. The van der Waals surface area contributed by atoms with Crippen LogP contribution in [0.3, 0.4) is 0 Å². The average Bonchev–Trinajstić information content (AvgIpc) is 2.72. The van der Waals surface area contributed by atoms with E-state index in [0.29, 0.717) is 5.92 Å². The van der Waals surface area contributed by atoms with E-state index in [-0.39, 0.29) is 0 Å². The van der Waals surface area contributed by atoms with Gasteiger partial charge in [-0.25, -0.2) is 4.68 Å². The van der Waals surface area contributed by atoms with Crippen molar-refractivity contribution in [2.45, 2.75) is 52.6 Å². The highest BCUT2D eigenvalue weighted by atomic mass is 15.5. The average molecular weight is 225 g/mol. The minimum absolute atomic E-state index is 0.694. The number of nitrogens with one attached hydrogen (secondary N) is 1. The molecule has 0 aliphatic rings. The Morgan fingerprint density at radius 2 is 2.19 bits per heavy atom. The highest BCUT2D eigenvalue weighted by Gasteiger charge is 2.11. The van der Waals surface area contributed by atoms with Gasteiger partial charge < -0.3 is 5.32 Å². The van der Waals surface area contributed by atoms with Crippen LogP contribution in [0.5, 0.6) is 0 Å². The summed E-state index contributed by atoms with van der Waals surface area (Å²) >= 11 is 0. The maximum absolute atomic E-state index is 4.05. The summed E-state index contributed by atoms with van der Waals surface area (Å²) in [6, 6.07) is 0. The maximum atomic E-state index is 4.05. The van der Waals surface area contributed by atoms with E-state index in [1.807, 2.05) is 11.7 Å². The van der Waals surface area contributed by atoms with Crippen molar-refractivity contribution in [3.63, 3.8) is 0 Å². The minimum Gasteiger partial charge on any atom is -0.313 e. The summed E-state index contributed by atoms with van der Waals surface area (Å²) in [5.41, 5.74) is 0. The summed E-state index contributed by atoms with van der Waals surface area (Å²) in [6.45, 7) is 6.15. The first-order valence-corrected chi connectivity index (χ1v) is 6.21. The third-order valence-corrected chi connectivity index (χ3v) is 2.92. The second-order valence-electron chi connectivity index (χ2n) is 4.22. The molecule has 0 saturated heterocycles. The molecule has 0 aliphatic carbocycles. The monoisotopic (exact) mass is 225 g/mol. The summed E-state index contributed by atoms with van der Waals surface area (Å²) in [5, 5.41) is 14.9. The van der Waals surface area contributed by atoms with Crippen molar-refractivity contribution < 1.29 is 0 Å². The molecule has 1 unspecified atom stereocenters. The van der Waals surface area contributed by atoms with Gasteiger partial charge >= 0.3 is 0 Å². The van der Waals surface area contributed by atoms with Gasteiger partial charge in [0.1, 0.15) is 0 Å². The molecule has 1 N–H and O–H groups in total. The molecule has 0 fully saturated rings. The molecule has 5 nitrogen and oxygen atoms in total. The predicted molar refractivity (Wildman–Crippen MR) is 63.9 cm³/mol. The lowest BCUT2D eigenvalue weighted by Crippen LogP contribution is -2.17. The van der Waals surface area contributed by atoms with Crippen LogP contribution in [-0.2, 0) is 13.1 Å². The molecule has 1 heterocycles. The number of tetrazole rings is 1. The van der Waals surface area contributed by atoms with Gasteiger partial charge in [0.25, 0.3) is 0 Å². The van der Waals surface area contributed by atoms with Crippen molar-refractivity contribution in [3.05, 3.63) is 5.82 Å². The van der Waals surface area contributed by atoms with Crippen molar-refractivity contribution in [2.24, 2.45) is 5.92 Å². The fraction of sp³-hybridized carbons (Fsp3) is 0.909. The molecule has 1 aromatic rings. The summed E-state index contributed by atoms with van der Waals surface area (Å²) in [6.07, 6.45) is 5.02. The van der Waals surface area contributed by atoms with Gasteiger partial charge in [0.15, 0.2) is 5.82 Å². The van der Waals surface area contributed by atoms with Gasteiger partial charge in [0.2, 0.25) is 0 Å². The van der Waals surface area contributed by atoms with Crippen molar-refractivity contribution in [2.75, 3.05) is 7.05 Å². The second kappa shape index (κ2) is 7.33. The molecular formula is C11H23N5. The molecule has 0 aliphatic heterocycles. The zero-order chi connectivity index (χ0) is 11.8. The molecule has 0 spiro atoms. The minimum atomic E-state index is 0.694. The van der Waals surface area contributed by atoms with Gasteiger partial charge in [-0.15, -0.1) is 5.10 Å². The van der Waals surface area contributed by atoms with Crippen LogP contribution in [0.1, 0.15) is 45.4 Å². The number of nitrogens with zero attached hydrogens (tertiary/aromatic N) is 4. The van der Waals surface area contributed by atoms with E-state index in [1.54, 1.807) is 0 Å². The number of rotatable bonds is 8. The van der Waals surface area contributed by atoms with Crippen LogP contribution in [0.2, 0.25) is 0 Å². The summed E-state index contributed by atoms with van der Waals surface area (Å²) in [7, 11) is 1.91. The molecule has 1 aromatic heterocycles. The predicted octanol–water partition coefficient (Wildman–Crippen LogP) is 1.61. The third-order valence-electron chi connectivity index (χ3n) is 2.92. The van der Waals surface area contributed by atoms with E-state index in [1.165, 1.54) is 25.7 Å². The standard InChI is InChI=1S/C11H23N5/c1-4-6-7-10(5-2)9-16-11(8-12-3)13-14-15-16/h10,12H,4-9H2,1-3H3. The SMILES string of the molecule is CCCCC(CC)Cn1nnnc1CNC. The molecule has 5 heteroatoms. The molecule has 0 radical (unpaired) electrons. The third kappa shape index (κ3) is 3.89. The lowest BCUT2D eigenvalue weighted by atomic mass is 9.99. The van der Waals surface area contributed by atoms with Crippen molar-refractivity contribution >= 4 is 0 Å². The Bertz CT molecular complexity index is 284. The van der Waals surface area contributed by atoms with Crippen LogP contribution in [0.4, 0.5) is 0 Å². The van der Waals surface area contributed by atoms with Crippen LogP contribution in [0, 0.1) is 5.92 Å². The number of hydrogen-bond donors (Lipinski definition) is 1. The second-order valence-corrected chi connectivity index (χ2v) is 4.22. The van der Waals surface area contributed by atoms with E-state index in [9.17, 15) is 0 Å². The normalized spacial score (nSPS) is 12.9. The van der Waals surface area contributed by atoms with Gasteiger partial charge in [-0.2, -0.15) is 0 Å². The first-order valence-electron chi connectivity index (χ1n) is 6.21. The van der Waals surface area contributed by atoms with Crippen molar-refractivity contribution in [1.29, 1.82) is 0 Å². The van der Waals surface area contributed by atoms with E-state index in [0.717, 1.165) is 18.9 Å². The van der Waals surface area contributed by atoms with Crippen LogP contribution >= 0.6 is 0 Å². The van der Waals surface area contributed by atoms with Crippen LogP contribution in [0.25, 0.3) is 0 Å². The number of hydrogen-bond acceptors (Lipinski definition) is 4. The Morgan fingerprint density at radius 1 is 1.38 bits per heavy atom. The van der Waals surface area contributed by atoms with E-state index >= 15 is 0 Å². The van der Waals surface area contributed by atoms with Crippen LogP contribution in [0.15, 0.2) is 0 Å². The smallest absolute Gasteiger partial charge is 0.165 e. The lowest BCUT2D eigenvalue weighted by Gasteiger charge is -2.14. The summed E-state index contributed by atoms with van der Waals surface area (Å²) in [5.74, 6) is 1.62. The Morgan fingerprint density at radius 3 is 2.81 bits per heavy atom. The quantitative estimate of drug-likeness (QED) is 0.730. The van der Waals surface area contributed by atoms with Gasteiger partial charge in [0.05, 0.1) is 6.54 Å². The molecule has 0 bridgehead atoms. The Balaban J connectivity index is 2.51. The molecule has 0 saturated carbocycles. The van der Waals surface area contributed by atoms with Gasteiger partial charge in [-0.05, 0) is 29.8 Å². The Labute approximate surface area is 97.6 Å². The molecule has 0 amide bonds. The molecule has 0 aromatic carbocycles. The Hall–Kier alpha value is -0.970. The van der Waals surface area contributed by atoms with Gasteiger partial charge in [-0.1, -0.05) is 33.1 Å². The Kier molecular flexibility index (Phi) is 6.00. The van der Waals surface area contributed by atoms with E-state index in [2.05, 4.69) is 34.7 Å². The fourth-order valence-corrected chi connectivity index (χ4v) is 1.81. The maximum Gasteiger partial charge on any atom is 0.165 e. The van der Waals surface area contributed by atoms with Gasteiger partial charge in [-0.3, -0.25) is 0 Å². The van der Waals surface area contributed by atoms with Gasteiger partial charge in [0, 0.05) is 6.54 Å². The summed E-state index contributed by atoms with van der Waals surface area (Å²) < 4.78 is 1.93. The first-order chi connectivity index (χ1) is 7.81. The van der Waals surface area contributed by atoms with E-state index < -0.39 is 0 Å². The van der Waals surface area contributed by atoms with Crippen molar-refractivity contribution in [3.8, 4) is 0 Å². The molecule has 1 rings (SSSR count). The molecule has 1 atom stereocenters. The van der Waals surface area contributed by atoms with Crippen LogP contribution in [-0.4, -0.2) is 27.3 Å². The fourth-order valence-electron chi connectivity index (χ4n) is 1.81. The first kappa shape index (κ1) is 13.1. The molecular weight excluding hydrogens is 202 g/mol. The zero-order valence-electron chi connectivity index (χ0n) is 10.6. The summed E-state index contributed by atoms with van der Waals surface area (Å²) in [4.78, 5) is 0. The van der Waals surface area contributed by atoms with Crippen LogP contribution < -0.4 is 5.32 Å². The lowest BCUT2D eigenvalue weighted by molar-refractivity contribution is 0.360. The molecule has 92 valence electrons. The molecule has 16 heavy (non-hydrogen) atoms. The van der Waals surface area contributed by atoms with Crippen molar-refractivity contribution in [1.82, 2.24) is 25.5 Å². The van der Waals surface area contributed by atoms with E-state index in [4.69, 9.17) is 0 Å². The number of unbranched alkanes of at least 4 members (excludes halogenated alkanes) is 1.